The first-order valence-electron chi connectivity index (χ1n) is 9.89. The first kappa shape index (κ1) is 23.0. The first-order valence-corrected chi connectivity index (χ1v) is 10.7. The van der Waals surface area contributed by atoms with Crippen molar-refractivity contribution in [1.29, 1.82) is 0 Å². The van der Waals surface area contributed by atoms with Crippen LogP contribution in [-0.2, 0) is 13.1 Å². The number of carbonyl (C=O) groups excluding carboxylic acids is 1. The van der Waals surface area contributed by atoms with E-state index in [2.05, 4.69) is 10.4 Å². The molecule has 0 bridgehead atoms. The smallest absolute Gasteiger partial charge is 0.256 e. The number of nitrogens with zero attached hydrogens (tertiary/aromatic N) is 2. The molecule has 1 heterocycles. The number of aromatic nitrogens is 2. The lowest BCUT2D eigenvalue weighted by molar-refractivity contribution is 0.0950. The zero-order valence-electron chi connectivity index (χ0n) is 18.0. The Kier molecular flexibility index (Phi) is 7.46. The Hall–Kier alpha value is -2.70. The third-order valence-corrected chi connectivity index (χ3v) is 5.44. The molecule has 1 N–H and O–H groups in total. The lowest BCUT2D eigenvalue weighted by atomic mass is 10.1. The van der Waals surface area contributed by atoms with Crippen LogP contribution in [0.25, 0.3) is 0 Å². The maximum atomic E-state index is 12.8. The minimum absolute atomic E-state index is 0.250. The molecule has 3 aromatic rings. The molecule has 8 heteroatoms. The van der Waals surface area contributed by atoms with Crippen molar-refractivity contribution in [2.24, 2.45) is 0 Å². The summed E-state index contributed by atoms with van der Waals surface area (Å²) in [6.45, 7) is 6.87. The number of ether oxygens (including phenoxy) is 2. The van der Waals surface area contributed by atoms with E-state index in [0.717, 1.165) is 11.1 Å². The maximum absolute atomic E-state index is 12.8. The van der Waals surface area contributed by atoms with Gasteiger partial charge in [0.25, 0.3) is 5.91 Å². The van der Waals surface area contributed by atoms with Crippen LogP contribution in [0.3, 0.4) is 0 Å². The Morgan fingerprint density at radius 3 is 2.48 bits per heavy atom. The van der Waals surface area contributed by atoms with Crippen molar-refractivity contribution in [3.63, 3.8) is 0 Å². The van der Waals surface area contributed by atoms with Gasteiger partial charge in [-0.25, -0.2) is 4.68 Å². The van der Waals surface area contributed by atoms with Crippen molar-refractivity contribution in [3.8, 4) is 11.5 Å². The van der Waals surface area contributed by atoms with E-state index in [4.69, 9.17) is 32.7 Å². The van der Waals surface area contributed by atoms with E-state index in [-0.39, 0.29) is 12.5 Å². The molecular formula is C23H25Cl2N3O3. The fourth-order valence-corrected chi connectivity index (χ4v) is 3.82. The number of halogens is 2. The van der Waals surface area contributed by atoms with Crippen LogP contribution in [0.15, 0.2) is 36.4 Å². The number of methoxy groups -OCH3 is 1. The van der Waals surface area contributed by atoms with Crippen molar-refractivity contribution in [2.45, 2.75) is 33.9 Å². The van der Waals surface area contributed by atoms with E-state index < -0.39 is 0 Å². The molecule has 164 valence electrons. The molecule has 1 aromatic heterocycles. The lowest BCUT2D eigenvalue weighted by Gasteiger charge is -2.13. The van der Waals surface area contributed by atoms with Gasteiger partial charge in [0.2, 0.25) is 0 Å². The van der Waals surface area contributed by atoms with E-state index in [9.17, 15) is 4.79 Å². The minimum atomic E-state index is -0.304. The Balaban J connectivity index is 1.74. The second kappa shape index (κ2) is 10.1. The zero-order chi connectivity index (χ0) is 22.5. The average Bonchev–Trinajstić information content (AvgIpc) is 3.02. The summed E-state index contributed by atoms with van der Waals surface area (Å²) in [6, 6.07) is 11.6. The van der Waals surface area contributed by atoms with Crippen LogP contribution in [0, 0.1) is 13.8 Å². The molecule has 0 saturated heterocycles. The molecule has 3 rings (SSSR count). The molecular weight excluding hydrogens is 437 g/mol. The number of benzene rings is 2. The summed E-state index contributed by atoms with van der Waals surface area (Å²) in [5.74, 6) is 0.693. The van der Waals surface area contributed by atoms with Crippen LogP contribution in [0.4, 0.5) is 0 Å². The summed E-state index contributed by atoms with van der Waals surface area (Å²) in [5, 5.41) is 8.05. The molecule has 0 spiro atoms. The maximum Gasteiger partial charge on any atom is 0.256 e. The van der Waals surface area contributed by atoms with Gasteiger partial charge in [-0.1, -0.05) is 53.0 Å². The fourth-order valence-electron chi connectivity index (χ4n) is 3.21. The topological polar surface area (TPSA) is 65.4 Å². The molecule has 1 amide bonds. The number of hydrogen-bond donors (Lipinski definition) is 1. The van der Waals surface area contributed by atoms with Crippen LogP contribution < -0.4 is 14.8 Å². The lowest BCUT2D eigenvalue weighted by Crippen LogP contribution is -2.23. The molecule has 0 saturated carbocycles. The average molecular weight is 462 g/mol. The van der Waals surface area contributed by atoms with Crippen molar-refractivity contribution in [1.82, 2.24) is 15.1 Å². The Labute approximate surface area is 192 Å². The van der Waals surface area contributed by atoms with Gasteiger partial charge in [-0.2, -0.15) is 5.10 Å². The monoisotopic (exact) mass is 461 g/mol. The van der Waals surface area contributed by atoms with Crippen LogP contribution in [0.2, 0.25) is 10.2 Å². The largest absolute Gasteiger partial charge is 0.493 e. The minimum Gasteiger partial charge on any atom is -0.493 e. The summed E-state index contributed by atoms with van der Waals surface area (Å²) in [5.41, 5.74) is 3.94. The standard InChI is InChI=1S/C23H25Cl2N3O3/c1-5-31-21-18(24)10-17(11-19(21)30-4)12-26-23(29)20-15(3)27-28(22(20)25)13-16-8-6-14(2)7-9-16/h6-11H,5,12-13H2,1-4H3,(H,26,29). The number of nitrogens with one attached hydrogen (secondary N) is 1. The first-order chi connectivity index (χ1) is 14.8. The molecule has 0 aliphatic carbocycles. The van der Waals surface area contributed by atoms with Crippen molar-refractivity contribution < 1.29 is 14.3 Å². The third-order valence-electron chi connectivity index (χ3n) is 4.78. The van der Waals surface area contributed by atoms with Gasteiger partial charge in [0.1, 0.15) is 5.15 Å². The van der Waals surface area contributed by atoms with E-state index in [1.807, 2.05) is 38.1 Å². The quantitative estimate of drug-likeness (QED) is 0.500. The van der Waals surface area contributed by atoms with Crippen molar-refractivity contribution in [2.75, 3.05) is 13.7 Å². The summed E-state index contributed by atoms with van der Waals surface area (Å²) in [7, 11) is 1.54. The Bertz CT molecular complexity index is 1080. The van der Waals surface area contributed by atoms with E-state index in [1.165, 1.54) is 5.56 Å². The molecule has 31 heavy (non-hydrogen) atoms. The number of aryl methyl sites for hydroxylation is 2. The van der Waals surface area contributed by atoms with Gasteiger partial charge in [-0.15, -0.1) is 0 Å². The van der Waals surface area contributed by atoms with Crippen LogP contribution in [0.5, 0.6) is 11.5 Å². The fraction of sp³-hybridized carbons (Fsp3) is 0.304. The highest BCUT2D eigenvalue weighted by Gasteiger charge is 2.21. The second-order valence-corrected chi connectivity index (χ2v) is 7.88. The second-order valence-electron chi connectivity index (χ2n) is 7.12. The molecule has 0 radical (unpaired) electrons. The number of amides is 1. The molecule has 0 atom stereocenters. The Morgan fingerprint density at radius 2 is 1.84 bits per heavy atom. The van der Waals surface area contributed by atoms with Gasteiger partial charge in [-0.3, -0.25) is 4.79 Å². The summed E-state index contributed by atoms with van der Waals surface area (Å²) >= 11 is 12.8. The highest BCUT2D eigenvalue weighted by atomic mass is 35.5. The molecule has 0 aliphatic rings. The van der Waals surface area contributed by atoms with E-state index in [0.29, 0.717) is 46.1 Å². The van der Waals surface area contributed by atoms with E-state index in [1.54, 1.807) is 30.8 Å². The molecule has 0 unspecified atom stereocenters. The SMILES string of the molecule is CCOc1c(Cl)cc(CNC(=O)c2c(C)nn(Cc3ccc(C)cc3)c2Cl)cc1OC. The van der Waals surface area contributed by atoms with Crippen LogP contribution >= 0.6 is 23.2 Å². The molecule has 0 fully saturated rings. The van der Waals surface area contributed by atoms with Gasteiger partial charge < -0.3 is 14.8 Å². The van der Waals surface area contributed by atoms with Gasteiger partial charge in [-0.05, 0) is 44.0 Å². The summed E-state index contributed by atoms with van der Waals surface area (Å²) in [6.07, 6.45) is 0. The third kappa shape index (κ3) is 5.32. The van der Waals surface area contributed by atoms with Crippen molar-refractivity contribution >= 4 is 29.1 Å². The molecule has 0 aliphatic heterocycles. The summed E-state index contributed by atoms with van der Waals surface area (Å²) in [4.78, 5) is 12.8. The predicted molar refractivity (Wildman–Crippen MR) is 123 cm³/mol. The Morgan fingerprint density at radius 1 is 1.13 bits per heavy atom. The van der Waals surface area contributed by atoms with Crippen molar-refractivity contribution in [3.05, 3.63) is 74.5 Å². The van der Waals surface area contributed by atoms with E-state index >= 15 is 0 Å². The summed E-state index contributed by atoms with van der Waals surface area (Å²) < 4.78 is 12.5. The highest BCUT2D eigenvalue weighted by Crippen LogP contribution is 2.36. The number of rotatable bonds is 8. The van der Waals surface area contributed by atoms with Gasteiger partial charge >= 0.3 is 0 Å². The van der Waals surface area contributed by atoms with Crippen LogP contribution in [-0.4, -0.2) is 29.4 Å². The van der Waals surface area contributed by atoms with Crippen LogP contribution in [0.1, 0.15) is 39.7 Å². The van der Waals surface area contributed by atoms with Gasteiger partial charge in [0.15, 0.2) is 11.5 Å². The number of carbonyl (C=O) groups is 1. The molecule has 2 aromatic carbocycles. The predicted octanol–water partition coefficient (Wildman–Crippen LogP) is 5.19. The van der Waals surface area contributed by atoms with Gasteiger partial charge in [0.05, 0.1) is 36.5 Å². The normalized spacial score (nSPS) is 10.8. The number of hydrogen-bond acceptors (Lipinski definition) is 4. The highest BCUT2D eigenvalue weighted by molar-refractivity contribution is 6.33. The van der Waals surface area contributed by atoms with Gasteiger partial charge in [0, 0.05) is 6.54 Å². The zero-order valence-corrected chi connectivity index (χ0v) is 19.5. The molecule has 6 nitrogen and oxygen atoms in total.